The van der Waals surface area contributed by atoms with Crippen LogP contribution >= 0.6 is 15.9 Å². The van der Waals surface area contributed by atoms with Crippen molar-refractivity contribution in [2.75, 3.05) is 0 Å². The summed E-state index contributed by atoms with van der Waals surface area (Å²) in [6.07, 6.45) is 0. The van der Waals surface area contributed by atoms with Crippen molar-refractivity contribution in [3.63, 3.8) is 0 Å². The molecule has 0 radical (unpaired) electrons. The largest absolute Gasteiger partial charge is 0.268 e. The molecule has 0 saturated heterocycles. The molecule has 0 spiro atoms. The van der Waals surface area contributed by atoms with Crippen molar-refractivity contribution in [3.8, 4) is 11.4 Å². The monoisotopic (exact) mass is 415 g/mol. The second kappa shape index (κ2) is 5.99. The number of rotatable bonds is 1. The molecule has 130 valence electrons. The van der Waals surface area contributed by atoms with E-state index in [1.165, 1.54) is 0 Å². The van der Waals surface area contributed by atoms with Crippen LogP contribution in [0.5, 0.6) is 0 Å². The smallest absolute Gasteiger partial charge is 0.267 e. The lowest BCUT2D eigenvalue weighted by Crippen LogP contribution is -2.18. The van der Waals surface area contributed by atoms with E-state index in [1.54, 1.807) is 4.40 Å². The fraction of sp³-hybridized carbons (Fsp3) is 0.0455. The van der Waals surface area contributed by atoms with Gasteiger partial charge in [0.2, 0.25) is 0 Å². The van der Waals surface area contributed by atoms with Crippen molar-refractivity contribution in [2.45, 2.75) is 6.92 Å². The van der Waals surface area contributed by atoms with Crippen LogP contribution in [0.2, 0.25) is 0 Å². The third kappa shape index (κ3) is 2.54. The van der Waals surface area contributed by atoms with Gasteiger partial charge in [-0.25, -0.2) is 14.4 Å². The van der Waals surface area contributed by atoms with Gasteiger partial charge in [0.1, 0.15) is 5.82 Å². The van der Waals surface area contributed by atoms with Gasteiger partial charge < -0.3 is 0 Å². The first-order valence-corrected chi connectivity index (χ1v) is 9.39. The van der Waals surface area contributed by atoms with Crippen LogP contribution < -0.4 is 5.56 Å². The molecule has 0 amide bonds. The van der Waals surface area contributed by atoms with Crippen LogP contribution in [0.3, 0.4) is 0 Å². The average molecular weight is 416 g/mol. The molecule has 2 heterocycles. The lowest BCUT2D eigenvalue weighted by atomic mass is 10.1. The highest BCUT2D eigenvalue weighted by Crippen LogP contribution is 2.25. The molecule has 0 aliphatic heterocycles. The van der Waals surface area contributed by atoms with E-state index in [-0.39, 0.29) is 5.56 Å². The highest BCUT2D eigenvalue weighted by molar-refractivity contribution is 9.10. The molecule has 0 aliphatic rings. The maximum atomic E-state index is 13.4. The molecular weight excluding hydrogens is 402 g/mol. The van der Waals surface area contributed by atoms with Gasteiger partial charge in [0, 0.05) is 15.4 Å². The van der Waals surface area contributed by atoms with Gasteiger partial charge >= 0.3 is 0 Å². The highest BCUT2D eigenvalue weighted by Gasteiger charge is 2.15. The second-order valence-electron chi connectivity index (χ2n) is 6.56. The number of aromatic nitrogens is 3. The maximum Gasteiger partial charge on any atom is 0.267 e. The highest BCUT2D eigenvalue weighted by atomic mass is 79.9. The van der Waals surface area contributed by atoms with Crippen molar-refractivity contribution >= 4 is 43.4 Å². The molecular formula is C22H14BrN3O. The summed E-state index contributed by atoms with van der Waals surface area (Å²) in [5.74, 6) is 0.600. The van der Waals surface area contributed by atoms with Crippen LogP contribution in [-0.2, 0) is 0 Å². The summed E-state index contributed by atoms with van der Waals surface area (Å²) in [4.78, 5) is 23.0. The molecule has 0 N–H and O–H groups in total. The number of hydrogen-bond donors (Lipinski definition) is 0. The number of aryl methyl sites for hydroxylation is 1. The molecule has 2 aromatic heterocycles. The number of hydrogen-bond acceptors (Lipinski definition) is 3. The topological polar surface area (TPSA) is 47.3 Å². The van der Waals surface area contributed by atoms with Crippen LogP contribution in [0.4, 0.5) is 0 Å². The van der Waals surface area contributed by atoms with Gasteiger partial charge in [0.25, 0.3) is 5.56 Å². The molecule has 0 fully saturated rings. The Hall–Kier alpha value is -3.05. The van der Waals surface area contributed by atoms with Crippen LogP contribution in [0.15, 0.2) is 76.0 Å². The zero-order valence-electron chi connectivity index (χ0n) is 14.5. The molecule has 5 aromatic rings. The maximum absolute atomic E-state index is 13.4. The Kier molecular flexibility index (Phi) is 3.58. The van der Waals surface area contributed by atoms with E-state index in [1.807, 2.05) is 73.7 Å². The minimum absolute atomic E-state index is 0.120. The summed E-state index contributed by atoms with van der Waals surface area (Å²) in [7, 11) is 0. The number of halogens is 1. The second-order valence-corrected chi connectivity index (χ2v) is 7.47. The zero-order chi connectivity index (χ0) is 18.5. The van der Waals surface area contributed by atoms with Gasteiger partial charge in [-0.05, 0) is 37.3 Å². The fourth-order valence-electron chi connectivity index (χ4n) is 3.36. The Morgan fingerprint density at radius 1 is 0.852 bits per heavy atom. The first-order chi connectivity index (χ1) is 13.1. The molecule has 0 atom stereocenters. The Balaban J connectivity index is 2.04. The third-order valence-electron chi connectivity index (χ3n) is 4.72. The van der Waals surface area contributed by atoms with E-state index in [0.29, 0.717) is 22.4 Å². The standard InChI is InChI=1S/C22H14BrN3O/c1-13-6-8-14(9-7-13)20-24-18-5-3-2-4-16(18)21-25-19-11-10-15(23)12-17(19)22(27)26(20)21/h2-12H,1H3. The van der Waals surface area contributed by atoms with Gasteiger partial charge in [-0.15, -0.1) is 0 Å². The van der Waals surface area contributed by atoms with E-state index in [0.717, 1.165) is 26.5 Å². The average Bonchev–Trinajstić information content (AvgIpc) is 2.69. The van der Waals surface area contributed by atoms with Gasteiger partial charge in [0.05, 0.1) is 16.4 Å². The normalized spacial score (nSPS) is 11.5. The van der Waals surface area contributed by atoms with E-state index < -0.39 is 0 Å². The summed E-state index contributed by atoms with van der Waals surface area (Å²) in [6.45, 7) is 2.04. The van der Waals surface area contributed by atoms with Gasteiger partial charge in [0.15, 0.2) is 5.65 Å². The van der Waals surface area contributed by atoms with Crippen molar-refractivity contribution in [3.05, 3.63) is 87.1 Å². The first kappa shape index (κ1) is 16.1. The van der Waals surface area contributed by atoms with Gasteiger partial charge in [-0.3, -0.25) is 4.79 Å². The minimum atomic E-state index is -0.120. The molecule has 0 aliphatic carbocycles. The summed E-state index contributed by atoms with van der Waals surface area (Å²) in [5.41, 5.74) is 4.03. The Bertz CT molecular complexity index is 1410. The van der Waals surface area contributed by atoms with Gasteiger partial charge in [-0.2, -0.15) is 0 Å². The van der Waals surface area contributed by atoms with Gasteiger partial charge in [-0.1, -0.05) is 57.9 Å². The molecule has 27 heavy (non-hydrogen) atoms. The number of fused-ring (bicyclic) bond motifs is 4. The van der Waals surface area contributed by atoms with E-state index in [2.05, 4.69) is 15.9 Å². The molecule has 3 aromatic carbocycles. The first-order valence-electron chi connectivity index (χ1n) is 8.60. The third-order valence-corrected chi connectivity index (χ3v) is 5.22. The molecule has 0 unspecified atom stereocenters. The summed E-state index contributed by atoms with van der Waals surface area (Å²) in [5, 5.41) is 1.42. The number of nitrogens with zero attached hydrogens (tertiary/aromatic N) is 3. The number of benzene rings is 3. The lowest BCUT2D eigenvalue weighted by molar-refractivity contribution is 1.05. The predicted octanol–water partition coefficient (Wildman–Crippen LogP) is 5.13. The van der Waals surface area contributed by atoms with Crippen molar-refractivity contribution in [2.24, 2.45) is 0 Å². The van der Waals surface area contributed by atoms with Crippen molar-refractivity contribution in [1.82, 2.24) is 14.4 Å². The molecule has 0 bridgehead atoms. The van der Waals surface area contributed by atoms with Crippen molar-refractivity contribution in [1.29, 1.82) is 0 Å². The molecule has 0 saturated carbocycles. The van der Waals surface area contributed by atoms with Crippen LogP contribution in [0.1, 0.15) is 5.56 Å². The van der Waals surface area contributed by atoms with E-state index >= 15 is 0 Å². The molecule has 5 heteroatoms. The van der Waals surface area contributed by atoms with E-state index in [9.17, 15) is 4.79 Å². The number of para-hydroxylation sites is 1. The summed E-state index contributed by atoms with van der Waals surface area (Å²) >= 11 is 3.45. The SMILES string of the molecule is Cc1ccc(-c2nc3ccccc3c3nc4ccc(Br)cc4c(=O)n23)cc1. The Morgan fingerprint density at radius 2 is 1.59 bits per heavy atom. The Morgan fingerprint density at radius 3 is 2.41 bits per heavy atom. The quantitative estimate of drug-likeness (QED) is 0.281. The van der Waals surface area contributed by atoms with Crippen molar-refractivity contribution < 1.29 is 0 Å². The van der Waals surface area contributed by atoms with Crippen LogP contribution in [0, 0.1) is 6.92 Å². The fourth-order valence-corrected chi connectivity index (χ4v) is 3.72. The van der Waals surface area contributed by atoms with E-state index in [4.69, 9.17) is 9.97 Å². The minimum Gasteiger partial charge on any atom is -0.268 e. The predicted molar refractivity (Wildman–Crippen MR) is 112 cm³/mol. The zero-order valence-corrected chi connectivity index (χ0v) is 16.1. The molecule has 5 rings (SSSR count). The Labute approximate surface area is 163 Å². The molecule has 4 nitrogen and oxygen atoms in total. The summed E-state index contributed by atoms with van der Waals surface area (Å²) in [6, 6.07) is 21.4. The lowest BCUT2D eigenvalue weighted by Gasteiger charge is -2.12. The van der Waals surface area contributed by atoms with Crippen LogP contribution in [-0.4, -0.2) is 14.4 Å². The summed E-state index contributed by atoms with van der Waals surface area (Å²) < 4.78 is 2.47. The van der Waals surface area contributed by atoms with Crippen LogP contribution in [0.25, 0.3) is 38.8 Å².